The lowest BCUT2D eigenvalue weighted by molar-refractivity contribution is 0.0958. The van der Waals surface area contributed by atoms with Crippen molar-refractivity contribution in [3.63, 3.8) is 0 Å². The Labute approximate surface area is 186 Å². The maximum absolute atomic E-state index is 12.6. The Bertz CT molecular complexity index is 1030. The molecule has 3 aromatic rings. The summed E-state index contributed by atoms with van der Waals surface area (Å²) in [5.74, 6) is 1.10. The van der Waals surface area contributed by atoms with E-state index in [4.69, 9.17) is 9.47 Å². The largest absolute Gasteiger partial charge is 0.490 e. The molecule has 0 unspecified atom stereocenters. The van der Waals surface area contributed by atoms with E-state index >= 15 is 0 Å². The Morgan fingerprint density at radius 3 is 2.68 bits per heavy atom. The number of aryl methyl sites for hydroxylation is 1. The van der Waals surface area contributed by atoms with Crippen molar-refractivity contribution >= 4 is 23.5 Å². The minimum absolute atomic E-state index is 0.280. The SMILES string of the molecule is CCCCOc1ccc(/C=N/NC(=O)c2sc(-c3ccccc3)nc2C)cc1OCC. The van der Waals surface area contributed by atoms with Gasteiger partial charge in [-0.15, -0.1) is 11.3 Å². The molecule has 0 radical (unpaired) electrons. The number of carbonyl (C=O) groups is 1. The van der Waals surface area contributed by atoms with Crippen LogP contribution in [-0.4, -0.2) is 30.3 Å². The first-order valence-electron chi connectivity index (χ1n) is 10.4. The summed E-state index contributed by atoms with van der Waals surface area (Å²) in [6.45, 7) is 7.07. The molecule has 1 aromatic heterocycles. The lowest BCUT2D eigenvalue weighted by Gasteiger charge is -2.12. The third-order valence-electron chi connectivity index (χ3n) is 4.43. The van der Waals surface area contributed by atoms with Gasteiger partial charge in [-0.2, -0.15) is 5.10 Å². The molecular weight excluding hydrogens is 410 g/mol. The number of ether oxygens (including phenoxy) is 2. The molecule has 7 heteroatoms. The summed E-state index contributed by atoms with van der Waals surface area (Å²) in [6.07, 6.45) is 3.65. The molecule has 0 spiro atoms. The van der Waals surface area contributed by atoms with Crippen LogP contribution in [0.3, 0.4) is 0 Å². The quantitative estimate of drug-likeness (QED) is 0.260. The summed E-state index contributed by atoms with van der Waals surface area (Å²) in [6, 6.07) is 15.4. The number of hydrogen-bond donors (Lipinski definition) is 1. The molecule has 0 atom stereocenters. The summed E-state index contributed by atoms with van der Waals surface area (Å²) in [4.78, 5) is 17.6. The second-order valence-corrected chi connectivity index (χ2v) is 7.84. The van der Waals surface area contributed by atoms with Crippen molar-refractivity contribution in [2.24, 2.45) is 5.10 Å². The first kappa shape index (κ1) is 22.5. The molecule has 0 aliphatic carbocycles. The number of nitrogens with zero attached hydrogens (tertiary/aromatic N) is 2. The van der Waals surface area contributed by atoms with Crippen molar-refractivity contribution in [2.75, 3.05) is 13.2 Å². The van der Waals surface area contributed by atoms with E-state index in [1.807, 2.05) is 62.4 Å². The van der Waals surface area contributed by atoms with E-state index in [1.54, 1.807) is 6.21 Å². The molecule has 0 saturated carbocycles. The van der Waals surface area contributed by atoms with Gasteiger partial charge in [-0.25, -0.2) is 10.4 Å². The van der Waals surface area contributed by atoms with Gasteiger partial charge in [0.2, 0.25) is 0 Å². The van der Waals surface area contributed by atoms with Gasteiger partial charge >= 0.3 is 0 Å². The second-order valence-electron chi connectivity index (χ2n) is 6.84. The Hall–Kier alpha value is -3.19. The number of nitrogens with one attached hydrogen (secondary N) is 1. The smallest absolute Gasteiger partial charge is 0.283 e. The van der Waals surface area contributed by atoms with Gasteiger partial charge in [0.25, 0.3) is 5.91 Å². The van der Waals surface area contributed by atoms with Gasteiger partial charge < -0.3 is 9.47 Å². The fourth-order valence-corrected chi connectivity index (χ4v) is 3.81. The molecule has 31 heavy (non-hydrogen) atoms. The fourth-order valence-electron chi connectivity index (χ4n) is 2.85. The first-order valence-corrected chi connectivity index (χ1v) is 11.2. The fraction of sp³-hybridized carbons (Fsp3) is 0.292. The van der Waals surface area contributed by atoms with Crippen molar-refractivity contribution in [2.45, 2.75) is 33.6 Å². The molecule has 1 N–H and O–H groups in total. The molecule has 2 aromatic carbocycles. The zero-order valence-electron chi connectivity index (χ0n) is 18.1. The number of carbonyl (C=O) groups excluding carboxylic acids is 1. The molecule has 0 fully saturated rings. The average molecular weight is 438 g/mol. The Morgan fingerprint density at radius 1 is 1.13 bits per heavy atom. The predicted octanol–water partition coefficient (Wildman–Crippen LogP) is 5.46. The maximum Gasteiger partial charge on any atom is 0.283 e. The Balaban J connectivity index is 1.66. The lowest BCUT2D eigenvalue weighted by Crippen LogP contribution is -2.17. The van der Waals surface area contributed by atoms with Gasteiger partial charge in [0.05, 0.1) is 25.1 Å². The molecule has 0 aliphatic rings. The Kier molecular flexibility index (Phi) is 8.18. The van der Waals surface area contributed by atoms with Crippen LogP contribution in [0.25, 0.3) is 10.6 Å². The predicted molar refractivity (Wildman–Crippen MR) is 125 cm³/mol. The van der Waals surface area contributed by atoms with Crippen molar-refractivity contribution in [1.82, 2.24) is 10.4 Å². The lowest BCUT2D eigenvalue weighted by atomic mass is 10.2. The number of benzene rings is 2. The van der Waals surface area contributed by atoms with Crippen LogP contribution in [0.1, 0.15) is 47.6 Å². The van der Waals surface area contributed by atoms with Gasteiger partial charge in [0.1, 0.15) is 9.88 Å². The van der Waals surface area contributed by atoms with Crippen LogP contribution in [0.15, 0.2) is 53.6 Å². The van der Waals surface area contributed by atoms with Gasteiger partial charge in [0, 0.05) is 5.56 Å². The van der Waals surface area contributed by atoms with E-state index in [0.717, 1.165) is 29.0 Å². The minimum atomic E-state index is -0.280. The van der Waals surface area contributed by atoms with E-state index in [-0.39, 0.29) is 5.91 Å². The maximum atomic E-state index is 12.6. The van der Waals surface area contributed by atoms with E-state index in [2.05, 4.69) is 22.4 Å². The third kappa shape index (κ3) is 6.15. The van der Waals surface area contributed by atoms with Gasteiger partial charge in [-0.3, -0.25) is 4.79 Å². The number of hydrogen-bond acceptors (Lipinski definition) is 6. The number of aromatic nitrogens is 1. The molecule has 0 saturated heterocycles. The van der Waals surface area contributed by atoms with Crippen molar-refractivity contribution in [1.29, 1.82) is 0 Å². The molecule has 1 heterocycles. The molecule has 1 amide bonds. The topological polar surface area (TPSA) is 72.8 Å². The summed E-state index contributed by atoms with van der Waals surface area (Å²) in [5, 5.41) is 4.92. The summed E-state index contributed by atoms with van der Waals surface area (Å²) >= 11 is 1.35. The molecule has 0 aliphatic heterocycles. The number of amides is 1. The molecule has 0 bridgehead atoms. The van der Waals surface area contributed by atoms with Gasteiger partial charge in [0.15, 0.2) is 11.5 Å². The zero-order valence-corrected chi connectivity index (χ0v) is 18.9. The molecule has 6 nitrogen and oxygen atoms in total. The highest BCUT2D eigenvalue weighted by Crippen LogP contribution is 2.29. The van der Waals surface area contributed by atoms with Crippen molar-refractivity contribution < 1.29 is 14.3 Å². The third-order valence-corrected chi connectivity index (χ3v) is 5.63. The van der Waals surface area contributed by atoms with Crippen molar-refractivity contribution in [3.05, 3.63) is 64.7 Å². The molecular formula is C24H27N3O3S. The van der Waals surface area contributed by atoms with Crippen LogP contribution in [0.4, 0.5) is 0 Å². The average Bonchev–Trinajstić information content (AvgIpc) is 3.18. The van der Waals surface area contributed by atoms with Crippen LogP contribution >= 0.6 is 11.3 Å². The summed E-state index contributed by atoms with van der Waals surface area (Å²) < 4.78 is 11.5. The summed E-state index contributed by atoms with van der Waals surface area (Å²) in [5.41, 5.74) is 5.07. The molecule has 162 valence electrons. The van der Waals surface area contributed by atoms with Crippen LogP contribution in [0.2, 0.25) is 0 Å². The van der Waals surface area contributed by atoms with Crippen LogP contribution < -0.4 is 14.9 Å². The standard InChI is InChI=1S/C24H27N3O3S/c1-4-6-14-30-20-13-12-18(15-21(20)29-5-2)16-25-27-23(28)22-17(3)26-24(31-22)19-10-8-7-9-11-19/h7-13,15-16H,4-6,14H2,1-3H3,(H,27,28)/b25-16+. The minimum Gasteiger partial charge on any atom is -0.490 e. The van der Waals surface area contributed by atoms with Crippen molar-refractivity contribution in [3.8, 4) is 22.1 Å². The molecule has 3 rings (SSSR count). The van der Waals surface area contributed by atoms with E-state index in [0.29, 0.717) is 35.3 Å². The Morgan fingerprint density at radius 2 is 1.94 bits per heavy atom. The number of hydrazone groups is 1. The normalized spacial score (nSPS) is 10.9. The summed E-state index contributed by atoms with van der Waals surface area (Å²) in [7, 11) is 0. The monoisotopic (exact) mass is 437 g/mol. The highest BCUT2D eigenvalue weighted by molar-refractivity contribution is 7.17. The van der Waals surface area contributed by atoms with Crippen LogP contribution in [0.5, 0.6) is 11.5 Å². The zero-order chi connectivity index (χ0) is 22.1. The van der Waals surface area contributed by atoms with E-state index < -0.39 is 0 Å². The first-order chi connectivity index (χ1) is 15.1. The number of thiazole rings is 1. The van der Waals surface area contributed by atoms with Crippen LogP contribution in [0, 0.1) is 6.92 Å². The van der Waals surface area contributed by atoms with Gasteiger partial charge in [-0.05, 0) is 44.0 Å². The number of rotatable bonds is 10. The highest BCUT2D eigenvalue weighted by Gasteiger charge is 2.15. The highest BCUT2D eigenvalue weighted by atomic mass is 32.1. The number of unbranched alkanes of at least 4 members (excludes halogenated alkanes) is 1. The second kappa shape index (κ2) is 11.3. The van der Waals surface area contributed by atoms with E-state index in [9.17, 15) is 4.79 Å². The van der Waals surface area contributed by atoms with E-state index in [1.165, 1.54) is 11.3 Å². The van der Waals surface area contributed by atoms with Crippen LogP contribution in [-0.2, 0) is 0 Å². The van der Waals surface area contributed by atoms with Gasteiger partial charge in [-0.1, -0.05) is 43.7 Å².